The Kier molecular flexibility index (Phi) is 2.28. The third-order valence-electron chi connectivity index (χ3n) is 3.42. The monoisotopic (exact) mass is 184 g/mol. The molecule has 2 aliphatic carbocycles. The molecule has 4 atom stereocenters. The summed E-state index contributed by atoms with van der Waals surface area (Å²) in [4.78, 5) is 10.6. The number of hydrogen-bond donors (Lipinski definition) is 1. The summed E-state index contributed by atoms with van der Waals surface area (Å²) in [5.74, 6) is 1.28. The highest BCUT2D eigenvalue weighted by Crippen LogP contribution is 2.48. The lowest BCUT2D eigenvalue weighted by Gasteiger charge is -2.25. The minimum absolute atomic E-state index is 0.140. The fraction of sp³-hybridized carbons (Fsp3) is 0.900. The lowest BCUT2D eigenvalue weighted by molar-refractivity contribution is -0.143. The third-order valence-corrected chi connectivity index (χ3v) is 3.42. The van der Waals surface area contributed by atoms with Crippen molar-refractivity contribution in [2.24, 2.45) is 17.8 Å². The summed E-state index contributed by atoms with van der Waals surface area (Å²) >= 11 is 0. The Morgan fingerprint density at radius 2 is 2.23 bits per heavy atom. The zero-order chi connectivity index (χ0) is 9.42. The zero-order valence-electron chi connectivity index (χ0n) is 7.90. The lowest BCUT2D eigenvalue weighted by atomic mass is 9.87. The van der Waals surface area contributed by atoms with E-state index in [9.17, 15) is 9.90 Å². The summed E-state index contributed by atoms with van der Waals surface area (Å²) in [7, 11) is 0. The van der Waals surface area contributed by atoms with Gasteiger partial charge in [-0.3, -0.25) is 4.79 Å². The number of aliphatic hydroxyl groups is 1. The molecule has 0 aromatic carbocycles. The minimum atomic E-state index is -0.211. The van der Waals surface area contributed by atoms with E-state index in [-0.39, 0.29) is 12.1 Å². The van der Waals surface area contributed by atoms with Gasteiger partial charge in [0.2, 0.25) is 0 Å². The molecule has 0 amide bonds. The zero-order valence-corrected chi connectivity index (χ0v) is 7.90. The normalized spacial score (nSPS) is 42.3. The van der Waals surface area contributed by atoms with Crippen LogP contribution in [-0.2, 0) is 9.53 Å². The molecule has 0 aromatic heterocycles. The van der Waals surface area contributed by atoms with Crippen LogP contribution in [-0.4, -0.2) is 23.8 Å². The molecule has 0 aromatic rings. The molecule has 13 heavy (non-hydrogen) atoms. The quantitative estimate of drug-likeness (QED) is 0.650. The van der Waals surface area contributed by atoms with Crippen LogP contribution >= 0.6 is 0 Å². The molecule has 0 heterocycles. The first-order valence-corrected chi connectivity index (χ1v) is 4.98. The van der Waals surface area contributed by atoms with Crippen LogP contribution in [0.15, 0.2) is 0 Å². The maximum Gasteiger partial charge on any atom is 0.302 e. The molecule has 0 unspecified atom stereocenters. The molecular formula is C10H16O3. The van der Waals surface area contributed by atoms with E-state index in [0.717, 1.165) is 19.3 Å². The van der Waals surface area contributed by atoms with E-state index >= 15 is 0 Å². The van der Waals surface area contributed by atoms with Gasteiger partial charge in [0.15, 0.2) is 0 Å². The number of carbonyl (C=O) groups excluding carboxylic acids is 1. The van der Waals surface area contributed by atoms with E-state index < -0.39 is 0 Å². The standard InChI is InChI=1S/C10H16O3/c1-6(11)13-5-8-2-7-3-9(8)10(12)4-7/h7-10,12H,2-5H2,1H3/t7-,8-,9-,10+/m0/s1. The van der Waals surface area contributed by atoms with Crippen molar-refractivity contribution in [3.05, 3.63) is 0 Å². The molecule has 3 nitrogen and oxygen atoms in total. The van der Waals surface area contributed by atoms with Crippen molar-refractivity contribution in [2.75, 3.05) is 6.61 Å². The van der Waals surface area contributed by atoms with E-state index in [0.29, 0.717) is 24.4 Å². The Morgan fingerprint density at radius 1 is 1.46 bits per heavy atom. The topological polar surface area (TPSA) is 46.5 Å². The molecule has 2 rings (SSSR count). The summed E-state index contributed by atoms with van der Waals surface area (Å²) in [5, 5.41) is 9.61. The Balaban J connectivity index is 1.85. The number of rotatable bonds is 2. The molecule has 2 saturated carbocycles. The van der Waals surface area contributed by atoms with Crippen LogP contribution in [0.2, 0.25) is 0 Å². The molecule has 74 valence electrons. The second kappa shape index (κ2) is 3.29. The van der Waals surface area contributed by atoms with E-state index in [1.807, 2.05) is 0 Å². The first kappa shape index (κ1) is 9.00. The van der Waals surface area contributed by atoms with E-state index in [2.05, 4.69) is 0 Å². The number of aliphatic hydroxyl groups excluding tert-OH is 1. The summed E-state index contributed by atoms with van der Waals surface area (Å²) in [5.41, 5.74) is 0. The van der Waals surface area contributed by atoms with Crippen LogP contribution in [0, 0.1) is 17.8 Å². The van der Waals surface area contributed by atoms with Crippen LogP contribution in [0.4, 0.5) is 0 Å². The summed E-state index contributed by atoms with van der Waals surface area (Å²) in [6.07, 6.45) is 3.09. The SMILES string of the molecule is CC(=O)OC[C@@H]1C[C@H]2C[C@@H]1[C@H](O)C2. The molecule has 0 spiro atoms. The number of fused-ring (bicyclic) bond motifs is 2. The third kappa shape index (κ3) is 1.70. The average molecular weight is 184 g/mol. The van der Waals surface area contributed by atoms with Crippen LogP contribution in [0.1, 0.15) is 26.2 Å². The van der Waals surface area contributed by atoms with E-state index in [1.165, 1.54) is 6.92 Å². The van der Waals surface area contributed by atoms with Gasteiger partial charge in [-0.15, -0.1) is 0 Å². The fourth-order valence-electron chi connectivity index (χ4n) is 2.87. The summed E-state index contributed by atoms with van der Waals surface area (Å²) in [6, 6.07) is 0. The summed E-state index contributed by atoms with van der Waals surface area (Å²) < 4.78 is 4.98. The highest BCUT2D eigenvalue weighted by molar-refractivity contribution is 5.65. The number of carbonyl (C=O) groups is 1. The fourth-order valence-corrected chi connectivity index (χ4v) is 2.87. The van der Waals surface area contributed by atoms with Crippen molar-refractivity contribution < 1.29 is 14.6 Å². The van der Waals surface area contributed by atoms with Crippen molar-refractivity contribution in [3.8, 4) is 0 Å². The van der Waals surface area contributed by atoms with Crippen molar-refractivity contribution in [1.29, 1.82) is 0 Å². The van der Waals surface area contributed by atoms with Gasteiger partial charge in [0.25, 0.3) is 0 Å². The highest BCUT2D eigenvalue weighted by Gasteiger charge is 2.45. The Labute approximate surface area is 78.1 Å². The van der Waals surface area contributed by atoms with Crippen molar-refractivity contribution in [3.63, 3.8) is 0 Å². The van der Waals surface area contributed by atoms with Gasteiger partial charge in [-0.05, 0) is 37.0 Å². The second-order valence-corrected chi connectivity index (χ2v) is 4.37. The molecular weight excluding hydrogens is 168 g/mol. The lowest BCUT2D eigenvalue weighted by Crippen LogP contribution is -2.28. The molecule has 2 fully saturated rings. The first-order chi connectivity index (χ1) is 6.16. The van der Waals surface area contributed by atoms with Gasteiger partial charge in [-0.1, -0.05) is 0 Å². The van der Waals surface area contributed by atoms with Crippen LogP contribution in [0.3, 0.4) is 0 Å². The van der Waals surface area contributed by atoms with Crippen LogP contribution < -0.4 is 0 Å². The van der Waals surface area contributed by atoms with Gasteiger partial charge in [-0.25, -0.2) is 0 Å². The Bertz CT molecular complexity index is 214. The molecule has 1 N–H and O–H groups in total. The van der Waals surface area contributed by atoms with Crippen molar-refractivity contribution in [2.45, 2.75) is 32.3 Å². The highest BCUT2D eigenvalue weighted by atomic mass is 16.5. The van der Waals surface area contributed by atoms with E-state index in [4.69, 9.17) is 4.74 Å². The predicted octanol–water partition coefficient (Wildman–Crippen LogP) is 0.957. The molecule has 2 bridgehead atoms. The maximum absolute atomic E-state index is 10.6. The molecule has 0 aliphatic heterocycles. The van der Waals surface area contributed by atoms with Crippen LogP contribution in [0.5, 0.6) is 0 Å². The van der Waals surface area contributed by atoms with Gasteiger partial charge < -0.3 is 9.84 Å². The first-order valence-electron chi connectivity index (χ1n) is 4.98. The number of ether oxygens (including phenoxy) is 1. The second-order valence-electron chi connectivity index (χ2n) is 4.37. The van der Waals surface area contributed by atoms with Crippen molar-refractivity contribution >= 4 is 5.97 Å². The Hall–Kier alpha value is -0.570. The predicted molar refractivity (Wildman–Crippen MR) is 47.0 cm³/mol. The minimum Gasteiger partial charge on any atom is -0.466 e. The van der Waals surface area contributed by atoms with Gasteiger partial charge >= 0.3 is 5.97 Å². The largest absolute Gasteiger partial charge is 0.466 e. The average Bonchev–Trinajstić information content (AvgIpc) is 2.58. The smallest absolute Gasteiger partial charge is 0.302 e. The molecule has 2 aliphatic rings. The van der Waals surface area contributed by atoms with E-state index in [1.54, 1.807) is 0 Å². The molecule has 0 radical (unpaired) electrons. The van der Waals surface area contributed by atoms with Gasteiger partial charge in [0, 0.05) is 6.92 Å². The van der Waals surface area contributed by atoms with Gasteiger partial charge in [0.1, 0.15) is 0 Å². The molecule has 0 saturated heterocycles. The maximum atomic E-state index is 10.6. The summed E-state index contributed by atoms with van der Waals surface area (Å²) in [6.45, 7) is 1.94. The van der Waals surface area contributed by atoms with Gasteiger partial charge in [-0.2, -0.15) is 0 Å². The number of hydrogen-bond acceptors (Lipinski definition) is 3. The Morgan fingerprint density at radius 3 is 2.77 bits per heavy atom. The molecule has 3 heteroatoms. The van der Waals surface area contributed by atoms with Crippen molar-refractivity contribution in [1.82, 2.24) is 0 Å². The van der Waals surface area contributed by atoms with Gasteiger partial charge in [0.05, 0.1) is 12.7 Å². The number of esters is 1. The van der Waals surface area contributed by atoms with Crippen LogP contribution in [0.25, 0.3) is 0 Å².